The van der Waals surface area contributed by atoms with Crippen LogP contribution in [0.4, 0.5) is 5.69 Å². The van der Waals surface area contributed by atoms with Crippen molar-refractivity contribution in [2.75, 3.05) is 11.4 Å². The molecular formula is C22H25N3O4S. The lowest BCUT2D eigenvalue weighted by Gasteiger charge is -2.22. The molecule has 0 bridgehead atoms. The van der Waals surface area contributed by atoms with E-state index in [1.165, 1.54) is 35.7 Å². The molecule has 158 valence electrons. The van der Waals surface area contributed by atoms with Crippen LogP contribution >= 0.6 is 0 Å². The Labute approximate surface area is 175 Å². The largest absolute Gasteiger partial charge is 0.360 e. The van der Waals surface area contributed by atoms with E-state index in [2.05, 4.69) is 10.3 Å². The predicted octanol–water partition coefficient (Wildman–Crippen LogP) is 3.05. The number of H-pyrrole nitrogens is 1. The van der Waals surface area contributed by atoms with Gasteiger partial charge in [0.1, 0.15) is 5.56 Å². The number of para-hydroxylation sites is 1. The first-order valence-electron chi connectivity index (χ1n) is 9.70. The van der Waals surface area contributed by atoms with Crippen LogP contribution in [-0.4, -0.2) is 32.4 Å². The standard InChI is InChI=1S/C22H25N3O4S/c1-5-15-8-6-7-9-20(15)25(4)30(28,29)16-10-11-19-17(12-16)21(26)18(13-23-19)22(27)24-14(2)3/h6-14H,5H2,1-4H3,(H,23,26)(H,24,27). The van der Waals surface area contributed by atoms with E-state index >= 15 is 0 Å². The quantitative estimate of drug-likeness (QED) is 0.632. The summed E-state index contributed by atoms with van der Waals surface area (Å²) in [5.74, 6) is -0.504. The minimum atomic E-state index is -3.90. The lowest BCUT2D eigenvalue weighted by molar-refractivity contribution is 0.0942. The van der Waals surface area contributed by atoms with Gasteiger partial charge in [0.05, 0.1) is 10.6 Å². The summed E-state index contributed by atoms with van der Waals surface area (Å²) in [7, 11) is -2.41. The molecular weight excluding hydrogens is 402 g/mol. The van der Waals surface area contributed by atoms with Crippen molar-refractivity contribution in [2.45, 2.75) is 38.1 Å². The molecule has 3 rings (SSSR count). The third-order valence-corrected chi connectivity index (χ3v) is 6.65. The molecule has 3 aromatic rings. The summed E-state index contributed by atoms with van der Waals surface area (Å²) in [4.78, 5) is 28.1. The second-order valence-corrected chi connectivity index (χ2v) is 9.29. The van der Waals surface area contributed by atoms with Crippen LogP contribution in [0.25, 0.3) is 10.9 Å². The highest BCUT2D eigenvalue weighted by Gasteiger charge is 2.24. The highest BCUT2D eigenvalue weighted by Crippen LogP contribution is 2.27. The lowest BCUT2D eigenvalue weighted by atomic mass is 10.1. The Hall–Kier alpha value is -3.13. The van der Waals surface area contributed by atoms with Gasteiger partial charge in [-0.15, -0.1) is 0 Å². The SMILES string of the molecule is CCc1ccccc1N(C)S(=O)(=O)c1ccc2[nH]cc(C(=O)NC(C)C)c(=O)c2c1. The Morgan fingerprint density at radius 2 is 1.87 bits per heavy atom. The van der Waals surface area contributed by atoms with E-state index in [1.807, 2.05) is 19.1 Å². The number of nitrogens with zero attached hydrogens (tertiary/aromatic N) is 1. The van der Waals surface area contributed by atoms with E-state index in [4.69, 9.17) is 0 Å². The van der Waals surface area contributed by atoms with Gasteiger partial charge >= 0.3 is 0 Å². The fraction of sp³-hybridized carbons (Fsp3) is 0.273. The zero-order chi connectivity index (χ0) is 22.1. The molecule has 1 aromatic heterocycles. The lowest BCUT2D eigenvalue weighted by Crippen LogP contribution is -2.33. The number of aryl methyl sites for hydroxylation is 1. The molecule has 0 fully saturated rings. The summed E-state index contributed by atoms with van der Waals surface area (Å²) in [6, 6.07) is 11.4. The van der Waals surface area contributed by atoms with Crippen molar-refractivity contribution in [3.05, 3.63) is 70.0 Å². The molecule has 0 saturated heterocycles. The molecule has 0 saturated carbocycles. The van der Waals surface area contributed by atoms with Gasteiger partial charge in [-0.1, -0.05) is 25.1 Å². The number of anilines is 1. The van der Waals surface area contributed by atoms with Crippen molar-refractivity contribution in [1.82, 2.24) is 10.3 Å². The molecule has 0 aliphatic rings. The first-order chi connectivity index (χ1) is 14.2. The van der Waals surface area contributed by atoms with Crippen LogP contribution in [0.5, 0.6) is 0 Å². The van der Waals surface area contributed by atoms with Gasteiger partial charge < -0.3 is 10.3 Å². The first-order valence-corrected chi connectivity index (χ1v) is 11.1. The van der Waals surface area contributed by atoms with E-state index in [9.17, 15) is 18.0 Å². The molecule has 7 nitrogen and oxygen atoms in total. The van der Waals surface area contributed by atoms with Crippen LogP contribution in [0.3, 0.4) is 0 Å². The number of aromatic amines is 1. The number of benzene rings is 2. The smallest absolute Gasteiger partial charge is 0.264 e. The molecule has 0 aliphatic carbocycles. The van der Waals surface area contributed by atoms with Crippen molar-refractivity contribution in [1.29, 1.82) is 0 Å². The third kappa shape index (κ3) is 3.95. The second kappa shape index (κ2) is 8.31. The zero-order valence-corrected chi connectivity index (χ0v) is 18.2. The number of pyridine rings is 1. The van der Waals surface area contributed by atoms with Crippen LogP contribution in [0.15, 0.2) is 58.4 Å². The van der Waals surface area contributed by atoms with Gasteiger partial charge in [0.25, 0.3) is 15.9 Å². The first kappa shape index (κ1) is 21.6. The van der Waals surface area contributed by atoms with Gasteiger partial charge in [0.2, 0.25) is 5.43 Å². The van der Waals surface area contributed by atoms with Gasteiger partial charge in [-0.25, -0.2) is 8.42 Å². The molecule has 2 N–H and O–H groups in total. The highest BCUT2D eigenvalue weighted by molar-refractivity contribution is 7.92. The topological polar surface area (TPSA) is 99.3 Å². The Morgan fingerprint density at radius 3 is 2.53 bits per heavy atom. The molecule has 0 unspecified atom stereocenters. The van der Waals surface area contributed by atoms with E-state index in [-0.39, 0.29) is 21.9 Å². The molecule has 1 amide bonds. The molecule has 2 aromatic carbocycles. The van der Waals surface area contributed by atoms with E-state index in [0.717, 1.165) is 5.56 Å². The number of nitrogens with one attached hydrogen (secondary N) is 2. The number of amides is 1. The number of carbonyl (C=O) groups excluding carboxylic acids is 1. The molecule has 8 heteroatoms. The normalized spacial score (nSPS) is 11.6. The fourth-order valence-electron chi connectivity index (χ4n) is 3.27. The maximum atomic E-state index is 13.3. The molecule has 0 aliphatic heterocycles. The molecule has 0 spiro atoms. The monoisotopic (exact) mass is 427 g/mol. The van der Waals surface area contributed by atoms with Crippen molar-refractivity contribution >= 4 is 32.5 Å². The summed E-state index contributed by atoms with van der Waals surface area (Å²) >= 11 is 0. The Kier molecular flexibility index (Phi) is 5.98. The summed E-state index contributed by atoms with van der Waals surface area (Å²) in [5.41, 5.74) is 1.36. The Morgan fingerprint density at radius 1 is 1.17 bits per heavy atom. The molecule has 0 atom stereocenters. The van der Waals surface area contributed by atoms with Gasteiger partial charge in [-0.2, -0.15) is 0 Å². The molecule has 30 heavy (non-hydrogen) atoms. The summed E-state index contributed by atoms with van der Waals surface area (Å²) in [5, 5.41) is 2.82. The van der Waals surface area contributed by atoms with Gasteiger partial charge in [-0.05, 0) is 50.1 Å². The Bertz CT molecular complexity index is 1260. The Balaban J connectivity index is 2.10. The van der Waals surface area contributed by atoms with Gasteiger partial charge in [0.15, 0.2) is 0 Å². The van der Waals surface area contributed by atoms with E-state index < -0.39 is 21.4 Å². The summed E-state index contributed by atoms with van der Waals surface area (Å²) in [6.07, 6.45) is 2.03. The second-order valence-electron chi connectivity index (χ2n) is 7.32. The number of sulfonamides is 1. The van der Waals surface area contributed by atoms with Gasteiger partial charge in [-0.3, -0.25) is 13.9 Å². The van der Waals surface area contributed by atoms with E-state index in [0.29, 0.717) is 17.6 Å². The molecule has 1 heterocycles. The van der Waals surface area contributed by atoms with Crippen LogP contribution in [0.1, 0.15) is 36.7 Å². The van der Waals surface area contributed by atoms with Crippen molar-refractivity contribution < 1.29 is 13.2 Å². The maximum absolute atomic E-state index is 13.3. The number of hydrogen-bond acceptors (Lipinski definition) is 4. The van der Waals surface area contributed by atoms with Crippen LogP contribution in [0, 0.1) is 0 Å². The van der Waals surface area contributed by atoms with E-state index in [1.54, 1.807) is 26.0 Å². The van der Waals surface area contributed by atoms with Crippen LogP contribution in [-0.2, 0) is 16.4 Å². The van der Waals surface area contributed by atoms with Crippen molar-refractivity contribution in [2.24, 2.45) is 0 Å². The van der Waals surface area contributed by atoms with Crippen molar-refractivity contribution in [3.63, 3.8) is 0 Å². The average molecular weight is 428 g/mol. The minimum Gasteiger partial charge on any atom is -0.360 e. The summed E-state index contributed by atoms with van der Waals surface area (Å²) < 4.78 is 27.7. The number of carbonyl (C=O) groups is 1. The van der Waals surface area contributed by atoms with Crippen LogP contribution < -0.4 is 15.1 Å². The number of rotatable bonds is 6. The number of fused-ring (bicyclic) bond motifs is 1. The molecule has 0 radical (unpaired) electrons. The minimum absolute atomic E-state index is 0.0182. The zero-order valence-electron chi connectivity index (χ0n) is 17.4. The average Bonchev–Trinajstić information content (AvgIpc) is 2.72. The fourth-order valence-corrected chi connectivity index (χ4v) is 4.53. The third-order valence-electron chi connectivity index (χ3n) is 4.89. The number of hydrogen-bond donors (Lipinski definition) is 2. The maximum Gasteiger partial charge on any atom is 0.264 e. The van der Waals surface area contributed by atoms with Crippen molar-refractivity contribution in [3.8, 4) is 0 Å². The van der Waals surface area contributed by atoms with Crippen LogP contribution in [0.2, 0.25) is 0 Å². The predicted molar refractivity (Wildman–Crippen MR) is 119 cm³/mol. The number of aromatic nitrogens is 1. The van der Waals surface area contributed by atoms with Gasteiger partial charge in [0, 0.05) is 30.2 Å². The summed E-state index contributed by atoms with van der Waals surface area (Å²) in [6.45, 7) is 5.54. The highest BCUT2D eigenvalue weighted by atomic mass is 32.2.